The molecule has 8 heteroatoms. The zero-order valence-electron chi connectivity index (χ0n) is 25.8. The second kappa shape index (κ2) is 16.9. The van der Waals surface area contributed by atoms with E-state index in [1.54, 1.807) is 20.8 Å². The molecule has 0 aromatic heterocycles. The molecular weight excluding hydrogens is 542 g/mol. The Morgan fingerprint density at radius 3 is 2.07 bits per heavy atom. The summed E-state index contributed by atoms with van der Waals surface area (Å²) in [7, 11) is 0. The van der Waals surface area contributed by atoms with Gasteiger partial charge in [-0.05, 0) is 86.8 Å². The van der Waals surface area contributed by atoms with E-state index in [2.05, 4.69) is 65.3 Å². The van der Waals surface area contributed by atoms with Crippen molar-refractivity contribution >= 4 is 18.1 Å². The summed E-state index contributed by atoms with van der Waals surface area (Å²) in [6.45, 7) is 9.04. The standard InChI is InChI=1S/C35H45N3O5/c1-26-24-28(16-20-32(39)36-22-23-38-34(41)43-35(2,3)4)15-19-31(26)30-17-13-27(14-18-30)10-8-9-21-37-33(40)42-25-29-11-6-5-7-12-29/h5-7,11-15,17-19,24H,8-10,16,20-23,25H2,1-4H3,(H,36,39)(H,37,40)(H,38,41). The van der Waals surface area contributed by atoms with Crippen molar-refractivity contribution in [1.82, 2.24) is 16.0 Å². The second-order valence-corrected chi connectivity index (χ2v) is 11.6. The summed E-state index contributed by atoms with van der Waals surface area (Å²) in [4.78, 5) is 35.8. The number of alkyl carbamates (subject to hydrolysis) is 2. The van der Waals surface area contributed by atoms with E-state index in [1.165, 1.54) is 11.1 Å². The van der Waals surface area contributed by atoms with Gasteiger partial charge in [-0.25, -0.2) is 9.59 Å². The van der Waals surface area contributed by atoms with E-state index in [0.717, 1.165) is 41.5 Å². The highest BCUT2D eigenvalue weighted by molar-refractivity contribution is 5.76. The average molecular weight is 588 g/mol. The van der Waals surface area contributed by atoms with Crippen molar-refractivity contribution in [2.45, 2.75) is 72.0 Å². The van der Waals surface area contributed by atoms with Gasteiger partial charge in [-0.15, -0.1) is 0 Å². The molecule has 0 saturated heterocycles. The minimum absolute atomic E-state index is 0.0536. The molecule has 0 radical (unpaired) electrons. The molecule has 43 heavy (non-hydrogen) atoms. The molecule has 3 amide bonds. The fourth-order valence-electron chi connectivity index (χ4n) is 4.50. The first-order chi connectivity index (χ1) is 20.6. The van der Waals surface area contributed by atoms with Gasteiger partial charge in [-0.2, -0.15) is 0 Å². The smallest absolute Gasteiger partial charge is 0.407 e. The van der Waals surface area contributed by atoms with Gasteiger partial charge < -0.3 is 25.4 Å². The normalized spacial score (nSPS) is 11.0. The summed E-state index contributed by atoms with van der Waals surface area (Å²) in [5.41, 5.74) is 6.28. The predicted octanol–water partition coefficient (Wildman–Crippen LogP) is 6.48. The van der Waals surface area contributed by atoms with Crippen LogP contribution in [0.1, 0.15) is 62.3 Å². The summed E-state index contributed by atoms with van der Waals surface area (Å²) in [5, 5.41) is 8.28. The van der Waals surface area contributed by atoms with Crippen LogP contribution in [0.25, 0.3) is 11.1 Å². The van der Waals surface area contributed by atoms with Gasteiger partial charge in [0, 0.05) is 26.1 Å². The highest BCUT2D eigenvalue weighted by Crippen LogP contribution is 2.25. The molecule has 0 heterocycles. The lowest BCUT2D eigenvalue weighted by Crippen LogP contribution is -2.37. The van der Waals surface area contributed by atoms with Gasteiger partial charge in [0.15, 0.2) is 0 Å². The van der Waals surface area contributed by atoms with Crippen molar-refractivity contribution in [1.29, 1.82) is 0 Å². The average Bonchev–Trinajstić information content (AvgIpc) is 2.97. The van der Waals surface area contributed by atoms with Gasteiger partial charge in [0.05, 0.1) is 0 Å². The van der Waals surface area contributed by atoms with Crippen LogP contribution in [0.4, 0.5) is 9.59 Å². The monoisotopic (exact) mass is 587 g/mol. The molecule has 0 aliphatic heterocycles. The Kier molecular flexibility index (Phi) is 13.1. The summed E-state index contributed by atoms with van der Waals surface area (Å²) >= 11 is 0. The van der Waals surface area contributed by atoms with Crippen molar-refractivity contribution in [3.63, 3.8) is 0 Å². The van der Waals surface area contributed by atoms with E-state index in [4.69, 9.17) is 9.47 Å². The summed E-state index contributed by atoms with van der Waals surface area (Å²) < 4.78 is 10.4. The van der Waals surface area contributed by atoms with Gasteiger partial charge in [0.25, 0.3) is 0 Å². The lowest BCUT2D eigenvalue weighted by atomic mass is 9.95. The summed E-state index contributed by atoms with van der Waals surface area (Å²) in [6, 6.07) is 24.6. The third-order valence-electron chi connectivity index (χ3n) is 6.69. The van der Waals surface area contributed by atoms with E-state index in [1.807, 2.05) is 30.3 Å². The first-order valence-electron chi connectivity index (χ1n) is 15.0. The van der Waals surface area contributed by atoms with E-state index in [9.17, 15) is 14.4 Å². The number of carbonyl (C=O) groups excluding carboxylic acids is 3. The molecule has 8 nitrogen and oxygen atoms in total. The SMILES string of the molecule is Cc1cc(CCC(=O)NCCNC(=O)OC(C)(C)C)ccc1-c1ccc(CCCCNC(=O)OCc2ccccc2)cc1. The molecule has 3 aromatic carbocycles. The fourth-order valence-corrected chi connectivity index (χ4v) is 4.50. The topological polar surface area (TPSA) is 106 Å². The van der Waals surface area contributed by atoms with Crippen molar-refractivity contribution < 1.29 is 23.9 Å². The maximum Gasteiger partial charge on any atom is 0.407 e. The lowest BCUT2D eigenvalue weighted by Gasteiger charge is -2.19. The molecule has 3 aromatic rings. The maximum atomic E-state index is 12.2. The third-order valence-corrected chi connectivity index (χ3v) is 6.69. The van der Waals surface area contributed by atoms with Crippen LogP contribution >= 0.6 is 0 Å². The summed E-state index contributed by atoms with van der Waals surface area (Å²) in [5.74, 6) is -0.0536. The molecule has 0 aliphatic carbocycles. The number of amides is 3. The van der Waals surface area contributed by atoms with E-state index in [0.29, 0.717) is 32.5 Å². The number of aryl methyl sites for hydroxylation is 3. The van der Waals surface area contributed by atoms with Crippen molar-refractivity contribution in [3.05, 3.63) is 95.1 Å². The third kappa shape index (κ3) is 13.0. The highest BCUT2D eigenvalue weighted by atomic mass is 16.6. The number of nitrogens with one attached hydrogen (secondary N) is 3. The molecule has 0 atom stereocenters. The number of ether oxygens (including phenoxy) is 2. The van der Waals surface area contributed by atoms with Crippen LogP contribution in [0.5, 0.6) is 0 Å². The largest absolute Gasteiger partial charge is 0.445 e. The first kappa shape index (κ1) is 33.2. The van der Waals surface area contributed by atoms with Crippen LogP contribution < -0.4 is 16.0 Å². The van der Waals surface area contributed by atoms with Gasteiger partial charge in [-0.1, -0.05) is 72.8 Å². The van der Waals surface area contributed by atoms with Crippen molar-refractivity contribution in [2.75, 3.05) is 19.6 Å². The van der Waals surface area contributed by atoms with Crippen LogP contribution in [0.15, 0.2) is 72.8 Å². The minimum Gasteiger partial charge on any atom is -0.445 e. The Morgan fingerprint density at radius 2 is 1.37 bits per heavy atom. The van der Waals surface area contributed by atoms with Crippen LogP contribution in [0.3, 0.4) is 0 Å². The number of benzene rings is 3. The van der Waals surface area contributed by atoms with E-state index in [-0.39, 0.29) is 18.6 Å². The minimum atomic E-state index is -0.549. The second-order valence-electron chi connectivity index (χ2n) is 11.6. The Hall–Kier alpha value is -4.33. The van der Waals surface area contributed by atoms with Crippen molar-refractivity contribution in [2.24, 2.45) is 0 Å². The molecule has 230 valence electrons. The van der Waals surface area contributed by atoms with Gasteiger partial charge in [0.1, 0.15) is 12.2 Å². The Balaban J connectivity index is 1.33. The van der Waals surface area contributed by atoms with Crippen LogP contribution in [0, 0.1) is 6.92 Å². The molecule has 0 spiro atoms. The fraction of sp³-hybridized carbons (Fsp3) is 0.400. The van der Waals surface area contributed by atoms with Gasteiger partial charge in [0.2, 0.25) is 5.91 Å². The highest BCUT2D eigenvalue weighted by Gasteiger charge is 2.15. The zero-order chi connectivity index (χ0) is 31.1. The van der Waals surface area contributed by atoms with Crippen molar-refractivity contribution in [3.8, 4) is 11.1 Å². The van der Waals surface area contributed by atoms with Crippen LogP contribution in [0.2, 0.25) is 0 Å². The Bertz CT molecular complexity index is 1320. The quantitative estimate of drug-likeness (QED) is 0.187. The Morgan fingerprint density at radius 1 is 0.698 bits per heavy atom. The first-order valence-corrected chi connectivity index (χ1v) is 15.0. The number of hydrogen-bond acceptors (Lipinski definition) is 5. The van der Waals surface area contributed by atoms with E-state index < -0.39 is 11.7 Å². The molecule has 0 fully saturated rings. The molecule has 3 rings (SSSR count). The molecule has 0 aliphatic rings. The molecule has 0 bridgehead atoms. The number of rotatable bonds is 14. The van der Waals surface area contributed by atoms with Gasteiger partial charge >= 0.3 is 12.2 Å². The molecule has 0 unspecified atom stereocenters. The Labute approximate surface area is 255 Å². The molecule has 3 N–H and O–H groups in total. The number of unbranched alkanes of at least 4 members (excludes halogenated alkanes) is 1. The van der Waals surface area contributed by atoms with Crippen LogP contribution in [-0.4, -0.2) is 43.3 Å². The van der Waals surface area contributed by atoms with E-state index >= 15 is 0 Å². The predicted molar refractivity (Wildman–Crippen MR) is 170 cm³/mol. The number of carbonyl (C=O) groups is 3. The van der Waals surface area contributed by atoms with Crippen LogP contribution in [-0.2, 0) is 33.7 Å². The molecular formula is C35H45N3O5. The van der Waals surface area contributed by atoms with Gasteiger partial charge in [-0.3, -0.25) is 4.79 Å². The number of hydrogen-bond donors (Lipinski definition) is 3. The lowest BCUT2D eigenvalue weighted by molar-refractivity contribution is -0.121. The molecule has 0 saturated carbocycles. The maximum absolute atomic E-state index is 12.2. The zero-order valence-corrected chi connectivity index (χ0v) is 25.8. The summed E-state index contributed by atoms with van der Waals surface area (Å²) in [6.07, 6.45) is 2.94.